The zero-order valence-corrected chi connectivity index (χ0v) is 12.4. The van der Waals surface area contributed by atoms with Crippen molar-refractivity contribution in [3.8, 4) is 0 Å². The molecule has 2 aromatic rings. The van der Waals surface area contributed by atoms with Gasteiger partial charge in [0.1, 0.15) is 5.69 Å². The molecule has 0 saturated heterocycles. The molecule has 0 radical (unpaired) electrons. The largest absolute Gasteiger partial charge is 0.464 e. The summed E-state index contributed by atoms with van der Waals surface area (Å²) < 4.78 is 4.70. The summed E-state index contributed by atoms with van der Waals surface area (Å²) in [7, 11) is 3.31. The monoisotopic (exact) mass is 285 g/mol. The van der Waals surface area contributed by atoms with Crippen LogP contribution in [0.2, 0.25) is 0 Å². The maximum absolute atomic E-state index is 11.6. The number of anilines is 2. The van der Waals surface area contributed by atoms with Crippen molar-refractivity contribution >= 4 is 17.3 Å². The van der Waals surface area contributed by atoms with E-state index in [0.717, 1.165) is 16.9 Å². The Morgan fingerprint density at radius 2 is 2.10 bits per heavy atom. The number of methoxy groups -OCH3 is 1. The van der Waals surface area contributed by atoms with E-state index >= 15 is 0 Å². The molecule has 0 aliphatic carbocycles. The van der Waals surface area contributed by atoms with E-state index in [4.69, 9.17) is 10.5 Å². The van der Waals surface area contributed by atoms with Gasteiger partial charge in [-0.25, -0.2) is 9.78 Å². The second-order valence-electron chi connectivity index (χ2n) is 4.85. The number of carbonyl (C=O) groups excluding carboxylic acids is 1. The fourth-order valence-corrected chi connectivity index (χ4v) is 2.12. The second kappa shape index (κ2) is 6.26. The Morgan fingerprint density at radius 1 is 1.33 bits per heavy atom. The average Bonchev–Trinajstić information content (AvgIpc) is 2.52. The molecule has 5 nitrogen and oxygen atoms in total. The number of esters is 1. The van der Waals surface area contributed by atoms with Crippen molar-refractivity contribution in [3.63, 3.8) is 0 Å². The summed E-state index contributed by atoms with van der Waals surface area (Å²) in [6, 6.07) is 11.5. The van der Waals surface area contributed by atoms with Gasteiger partial charge in [0.25, 0.3) is 0 Å². The molecule has 0 aliphatic heterocycles. The van der Waals surface area contributed by atoms with E-state index in [1.165, 1.54) is 7.11 Å². The maximum atomic E-state index is 11.6. The van der Waals surface area contributed by atoms with Gasteiger partial charge in [0, 0.05) is 24.6 Å². The first-order valence-corrected chi connectivity index (χ1v) is 6.65. The first-order valence-electron chi connectivity index (χ1n) is 6.65. The molecular weight excluding hydrogens is 266 g/mol. The van der Waals surface area contributed by atoms with Crippen molar-refractivity contribution in [2.24, 2.45) is 0 Å². The molecule has 2 N–H and O–H groups in total. The molecule has 0 saturated carbocycles. The first-order chi connectivity index (χ1) is 10.0. The van der Waals surface area contributed by atoms with Gasteiger partial charge in [0.2, 0.25) is 0 Å². The molecule has 0 fully saturated rings. The molecule has 5 heteroatoms. The first kappa shape index (κ1) is 14.8. The number of nitrogens with zero attached hydrogens (tertiary/aromatic N) is 2. The Labute approximate surface area is 124 Å². The Kier molecular flexibility index (Phi) is 4.42. The van der Waals surface area contributed by atoms with E-state index in [0.29, 0.717) is 5.69 Å². The minimum atomic E-state index is -0.443. The number of rotatable bonds is 4. The molecule has 2 rings (SSSR count). The van der Waals surface area contributed by atoms with Gasteiger partial charge in [0.05, 0.1) is 13.2 Å². The van der Waals surface area contributed by atoms with Crippen LogP contribution in [-0.2, 0) is 4.74 Å². The lowest BCUT2D eigenvalue weighted by molar-refractivity contribution is 0.0594. The quantitative estimate of drug-likeness (QED) is 0.691. The van der Waals surface area contributed by atoms with Gasteiger partial charge >= 0.3 is 5.97 Å². The lowest BCUT2D eigenvalue weighted by Crippen LogP contribution is -2.22. The van der Waals surface area contributed by atoms with Crippen LogP contribution < -0.4 is 10.6 Å². The van der Waals surface area contributed by atoms with E-state index in [1.807, 2.05) is 37.4 Å². The molecule has 0 spiro atoms. The minimum absolute atomic E-state index is 0.112. The van der Waals surface area contributed by atoms with E-state index < -0.39 is 5.97 Å². The molecule has 1 atom stereocenters. The smallest absolute Gasteiger partial charge is 0.356 e. The van der Waals surface area contributed by atoms with Crippen molar-refractivity contribution in [2.75, 3.05) is 24.8 Å². The van der Waals surface area contributed by atoms with Crippen LogP contribution in [0.25, 0.3) is 0 Å². The third kappa shape index (κ3) is 3.31. The summed E-state index contributed by atoms with van der Waals surface area (Å²) in [5.74, 6) is -0.443. The third-order valence-electron chi connectivity index (χ3n) is 3.52. The second-order valence-corrected chi connectivity index (χ2v) is 4.85. The van der Waals surface area contributed by atoms with Crippen LogP contribution >= 0.6 is 0 Å². The van der Waals surface area contributed by atoms with Gasteiger partial charge in [0.15, 0.2) is 0 Å². The Balaban J connectivity index is 2.27. The highest BCUT2D eigenvalue weighted by atomic mass is 16.5. The number of aromatic nitrogens is 1. The highest BCUT2D eigenvalue weighted by molar-refractivity contribution is 5.88. The van der Waals surface area contributed by atoms with Gasteiger partial charge in [-0.2, -0.15) is 0 Å². The predicted molar refractivity (Wildman–Crippen MR) is 83.2 cm³/mol. The topological polar surface area (TPSA) is 68.5 Å². The Hall–Kier alpha value is -2.56. The van der Waals surface area contributed by atoms with E-state index in [9.17, 15) is 4.79 Å². The summed E-state index contributed by atoms with van der Waals surface area (Å²) in [5, 5.41) is 0. The lowest BCUT2D eigenvalue weighted by atomic mass is 10.1. The van der Waals surface area contributed by atoms with Crippen molar-refractivity contribution < 1.29 is 9.53 Å². The molecule has 1 aromatic carbocycles. The summed E-state index contributed by atoms with van der Waals surface area (Å²) in [6.07, 6.45) is 1.60. The molecule has 1 aromatic heterocycles. The number of ether oxygens (including phenoxy) is 1. The average molecular weight is 285 g/mol. The van der Waals surface area contributed by atoms with Gasteiger partial charge in [-0.15, -0.1) is 0 Å². The molecule has 0 bridgehead atoms. The molecule has 1 heterocycles. The van der Waals surface area contributed by atoms with Gasteiger partial charge in [-0.05, 0) is 36.8 Å². The van der Waals surface area contributed by atoms with Crippen LogP contribution in [0, 0.1) is 0 Å². The highest BCUT2D eigenvalue weighted by Crippen LogP contribution is 2.26. The number of benzene rings is 1. The summed E-state index contributed by atoms with van der Waals surface area (Å²) in [6.45, 7) is 2.08. The lowest BCUT2D eigenvalue weighted by Gasteiger charge is -2.27. The Morgan fingerprint density at radius 3 is 2.76 bits per heavy atom. The fourth-order valence-electron chi connectivity index (χ4n) is 2.12. The zero-order chi connectivity index (χ0) is 15.4. The van der Waals surface area contributed by atoms with Crippen LogP contribution in [0.4, 0.5) is 11.4 Å². The molecule has 21 heavy (non-hydrogen) atoms. The summed E-state index contributed by atoms with van der Waals surface area (Å²) in [4.78, 5) is 17.6. The third-order valence-corrected chi connectivity index (χ3v) is 3.52. The number of pyridine rings is 1. The van der Waals surface area contributed by atoms with E-state index in [1.54, 1.807) is 12.3 Å². The SMILES string of the molecule is COC(=O)c1cc(N(C)C(C)c2cccc(N)c2)ccn1. The van der Waals surface area contributed by atoms with Gasteiger partial charge < -0.3 is 15.4 Å². The number of carbonyl (C=O) groups is 1. The standard InChI is InChI=1S/C16H19N3O2/c1-11(12-5-4-6-13(17)9-12)19(2)14-7-8-18-15(10-14)16(20)21-3/h4-11H,17H2,1-3H3. The number of nitrogens with two attached hydrogens (primary N) is 1. The van der Waals surface area contributed by atoms with Crippen molar-refractivity contribution in [1.29, 1.82) is 0 Å². The molecule has 110 valence electrons. The molecule has 0 aliphatic rings. The molecule has 0 amide bonds. The van der Waals surface area contributed by atoms with Crippen LogP contribution in [0.5, 0.6) is 0 Å². The van der Waals surface area contributed by atoms with Crippen LogP contribution in [-0.4, -0.2) is 25.1 Å². The minimum Gasteiger partial charge on any atom is -0.464 e. The number of hydrogen-bond donors (Lipinski definition) is 1. The predicted octanol–water partition coefficient (Wildman–Crippen LogP) is 2.65. The van der Waals surface area contributed by atoms with Gasteiger partial charge in [-0.3, -0.25) is 0 Å². The van der Waals surface area contributed by atoms with Crippen molar-refractivity contribution in [1.82, 2.24) is 4.98 Å². The highest BCUT2D eigenvalue weighted by Gasteiger charge is 2.15. The van der Waals surface area contributed by atoms with E-state index in [-0.39, 0.29) is 6.04 Å². The Bertz CT molecular complexity index is 643. The molecular formula is C16H19N3O2. The molecule has 1 unspecified atom stereocenters. The van der Waals surface area contributed by atoms with Crippen LogP contribution in [0.1, 0.15) is 29.0 Å². The van der Waals surface area contributed by atoms with Crippen LogP contribution in [0.3, 0.4) is 0 Å². The zero-order valence-electron chi connectivity index (χ0n) is 12.4. The summed E-state index contributed by atoms with van der Waals surface area (Å²) in [5.41, 5.74) is 8.85. The fraction of sp³-hybridized carbons (Fsp3) is 0.250. The van der Waals surface area contributed by atoms with Crippen molar-refractivity contribution in [2.45, 2.75) is 13.0 Å². The van der Waals surface area contributed by atoms with Crippen LogP contribution in [0.15, 0.2) is 42.6 Å². The van der Waals surface area contributed by atoms with Crippen molar-refractivity contribution in [3.05, 3.63) is 53.9 Å². The normalized spacial score (nSPS) is 11.8. The number of nitrogen functional groups attached to an aromatic ring is 1. The number of hydrogen-bond acceptors (Lipinski definition) is 5. The van der Waals surface area contributed by atoms with Gasteiger partial charge in [-0.1, -0.05) is 12.1 Å². The van der Waals surface area contributed by atoms with E-state index in [2.05, 4.69) is 16.8 Å². The summed E-state index contributed by atoms with van der Waals surface area (Å²) >= 11 is 0. The maximum Gasteiger partial charge on any atom is 0.356 e.